The van der Waals surface area contributed by atoms with Crippen molar-refractivity contribution < 1.29 is 9.53 Å². The molecule has 1 aliphatic rings. The maximum atomic E-state index is 12.1. The molecule has 1 amide bonds. The molecule has 0 bridgehead atoms. The van der Waals surface area contributed by atoms with Crippen LogP contribution in [0.15, 0.2) is 24.3 Å². The van der Waals surface area contributed by atoms with Gasteiger partial charge in [-0.25, -0.2) is 0 Å². The van der Waals surface area contributed by atoms with Gasteiger partial charge in [-0.05, 0) is 31.5 Å². The second-order valence-corrected chi connectivity index (χ2v) is 5.06. The Kier molecular flexibility index (Phi) is 4.80. The van der Waals surface area contributed by atoms with Gasteiger partial charge >= 0.3 is 0 Å². The number of hydrogen-bond donors (Lipinski definition) is 1. The largest absolute Gasteiger partial charge is 0.493 e. The Hall–Kier alpha value is -1.55. The van der Waals surface area contributed by atoms with E-state index in [1.165, 1.54) is 5.56 Å². The molecule has 0 saturated carbocycles. The van der Waals surface area contributed by atoms with E-state index >= 15 is 0 Å². The van der Waals surface area contributed by atoms with Crippen LogP contribution in [0.1, 0.15) is 18.9 Å². The number of aryl methyl sites for hydroxylation is 1. The Labute approximate surface area is 114 Å². The quantitative estimate of drug-likeness (QED) is 0.896. The summed E-state index contributed by atoms with van der Waals surface area (Å²) in [7, 11) is 0. The van der Waals surface area contributed by atoms with Crippen molar-refractivity contribution in [1.29, 1.82) is 0 Å². The van der Waals surface area contributed by atoms with Gasteiger partial charge < -0.3 is 15.0 Å². The smallest absolute Gasteiger partial charge is 0.226 e. The zero-order valence-corrected chi connectivity index (χ0v) is 11.7. The Morgan fingerprint density at radius 2 is 2.37 bits per heavy atom. The summed E-state index contributed by atoms with van der Waals surface area (Å²) in [5.74, 6) is 1.02. The first-order valence-electron chi connectivity index (χ1n) is 6.86. The van der Waals surface area contributed by atoms with Crippen LogP contribution in [0.3, 0.4) is 0 Å². The molecule has 104 valence electrons. The van der Waals surface area contributed by atoms with Gasteiger partial charge in [0.2, 0.25) is 5.91 Å². The summed E-state index contributed by atoms with van der Waals surface area (Å²) < 4.78 is 5.62. The van der Waals surface area contributed by atoms with Gasteiger partial charge in [0, 0.05) is 25.7 Å². The van der Waals surface area contributed by atoms with E-state index in [0.717, 1.165) is 25.4 Å². The van der Waals surface area contributed by atoms with Crippen LogP contribution in [0, 0.1) is 6.92 Å². The molecule has 1 aromatic carbocycles. The molecular weight excluding hydrogens is 240 g/mol. The lowest BCUT2D eigenvalue weighted by Gasteiger charge is -2.34. The third kappa shape index (κ3) is 3.96. The summed E-state index contributed by atoms with van der Waals surface area (Å²) in [5, 5.41) is 3.28. The van der Waals surface area contributed by atoms with Crippen molar-refractivity contribution in [3.05, 3.63) is 29.8 Å². The third-order valence-electron chi connectivity index (χ3n) is 3.40. The minimum atomic E-state index is 0.182. The lowest BCUT2D eigenvalue weighted by Crippen LogP contribution is -2.52. The van der Waals surface area contributed by atoms with Crippen molar-refractivity contribution in [2.45, 2.75) is 26.3 Å². The normalized spacial score (nSPS) is 19.3. The standard InChI is InChI=1S/C15H22N2O2/c1-12-4-3-5-14(10-12)19-9-6-15(18)17-8-7-16-11-13(17)2/h3-5,10,13,16H,6-9,11H2,1-2H3. The fourth-order valence-corrected chi connectivity index (χ4v) is 2.32. The second-order valence-electron chi connectivity index (χ2n) is 5.06. The third-order valence-corrected chi connectivity index (χ3v) is 3.40. The number of piperazine rings is 1. The van der Waals surface area contributed by atoms with Crippen molar-refractivity contribution in [3.8, 4) is 5.75 Å². The molecule has 1 heterocycles. The van der Waals surface area contributed by atoms with E-state index in [0.29, 0.717) is 13.0 Å². The van der Waals surface area contributed by atoms with Crippen LogP contribution in [-0.2, 0) is 4.79 Å². The Morgan fingerprint density at radius 1 is 1.53 bits per heavy atom. The maximum absolute atomic E-state index is 12.1. The molecule has 0 aliphatic carbocycles. The van der Waals surface area contributed by atoms with E-state index in [-0.39, 0.29) is 11.9 Å². The van der Waals surface area contributed by atoms with Crippen LogP contribution in [0.2, 0.25) is 0 Å². The fraction of sp³-hybridized carbons (Fsp3) is 0.533. The monoisotopic (exact) mass is 262 g/mol. The number of nitrogens with zero attached hydrogens (tertiary/aromatic N) is 1. The first kappa shape index (κ1) is 13.9. The van der Waals surface area contributed by atoms with E-state index in [2.05, 4.69) is 12.2 Å². The second kappa shape index (κ2) is 6.57. The van der Waals surface area contributed by atoms with Gasteiger partial charge in [-0.15, -0.1) is 0 Å². The van der Waals surface area contributed by atoms with Crippen LogP contribution < -0.4 is 10.1 Å². The van der Waals surface area contributed by atoms with Gasteiger partial charge in [0.05, 0.1) is 13.0 Å². The average molecular weight is 262 g/mol. The van der Waals surface area contributed by atoms with Crippen LogP contribution in [0.5, 0.6) is 5.75 Å². The van der Waals surface area contributed by atoms with Gasteiger partial charge in [0.1, 0.15) is 5.75 Å². The molecule has 1 fully saturated rings. The number of ether oxygens (including phenoxy) is 1. The predicted molar refractivity (Wildman–Crippen MR) is 75.3 cm³/mol. The molecule has 1 aromatic rings. The highest BCUT2D eigenvalue weighted by Crippen LogP contribution is 2.13. The lowest BCUT2D eigenvalue weighted by molar-refractivity contribution is -0.134. The Morgan fingerprint density at radius 3 is 3.11 bits per heavy atom. The van der Waals surface area contributed by atoms with Gasteiger partial charge in [-0.3, -0.25) is 4.79 Å². The number of rotatable bonds is 4. The average Bonchev–Trinajstić information content (AvgIpc) is 2.39. The number of nitrogens with one attached hydrogen (secondary N) is 1. The van der Waals surface area contributed by atoms with Gasteiger partial charge in [-0.2, -0.15) is 0 Å². The molecule has 0 spiro atoms. The molecule has 0 radical (unpaired) electrons. The Balaban J connectivity index is 1.77. The molecule has 1 unspecified atom stereocenters. The Bertz CT molecular complexity index is 434. The number of benzene rings is 1. The van der Waals surface area contributed by atoms with Crippen LogP contribution in [0.4, 0.5) is 0 Å². The molecule has 1 saturated heterocycles. The number of amides is 1. The fourth-order valence-electron chi connectivity index (χ4n) is 2.32. The summed E-state index contributed by atoms with van der Waals surface area (Å²) in [6, 6.07) is 8.17. The van der Waals surface area contributed by atoms with E-state index in [1.807, 2.05) is 36.1 Å². The number of carbonyl (C=O) groups excluding carboxylic acids is 1. The number of hydrogen-bond acceptors (Lipinski definition) is 3. The predicted octanol–water partition coefficient (Wildman–Crippen LogP) is 1.58. The molecule has 19 heavy (non-hydrogen) atoms. The summed E-state index contributed by atoms with van der Waals surface area (Å²) in [4.78, 5) is 14.0. The highest BCUT2D eigenvalue weighted by molar-refractivity contribution is 5.76. The maximum Gasteiger partial charge on any atom is 0.226 e. The minimum Gasteiger partial charge on any atom is -0.493 e. The molecule has 1 N–H and O–H groups in total. The van der Waals surface area contributed by atoms with Gasteiger partial charge in [0.15, 0.2) is 0 Å². The molecule has 0 aromatic heterocycles. The van der Waals surface area contributed by atoms with Crippen LogP contribution in [0.25, 0.3) is 0 Å². The lowest BCUT2D eigenvalue weighted by atomic mass is 10.2. The van der Waals surface area contributed by atoms with Crippen LogP contribution in [-0.4, -0.2) is 43.1 Å². The highest BCUT2D eigenvalue weighted by atomic mass is 16.5. The molecule has 1 atom stereocenters. The molecule has 2 rings (SSSR count). The number of carbonyl (C=O) groups is 1. The van der Waals surface area contributed by atoms with Crippen molar-refractivity contribution in [2.75, 3.05) is 26.2 Å². The molecular formula is C15H22N2O2. The topological polar surface area (TPSA) is 41.6 Å². The highest BCUT2D eigenvalue weighted by Gasteiger charge is 2.22. The summed E-state index contributed by atoms with van der Waals surface area (Å²) in [6.45, 7) is 7.11. The van der Waals surface area contributed by atoms with Crippen molar-refractivity contribution >= 4 is 5.91 Å². The van der Waals surface area contributed by atoms with Crippen molar-refractivity contribution in [1.82, 2.24) is 10.2 Å². The summed E-state index contributed by atoms with van der Waals surface area (Å²) in [6.07, 6.45) is 0.443. The summed E-state index contributed by atoms with van der Waals surface area (Å²) in [5.41, 5.74) is 1.17. The van der Waals surface area contributed by atoms with Gasteiger partial charge in [0.25, 0.3) is 0 Å². The van der Waals surface area contributed by atoms with E-state index in [9.17, 15) is 4.79 Å². The first-order valence-corrected chi connectivity index (χ1v) is 6.86. The zero-order valence-electron chi connectivity index (χ0n) is 11.7. The SMILES string of the molecule is Cc1cccc(OCCC(=O)N2CCNCC2C)c1. The van der Waals surface area contributed by atoms with E-state index in [4.69, 9.17) is 4.74 Å². The summed E-state index contributed by atoms with van der Waals surface area (Å²) >= 11 is 0. The van der Waals surface area contributed by atoms with Crippen LogP contribution >= 0.6 is 0 Å². The van der Waals surface area contributed by atoms with E-state index in [1.54, 1.807) is 0 Å². The van der Waals surface area contributed by atoms with Gasteiger partial charge in [-0.1, -0.05) is 12.1 Å². The molecule has 4 heteroatoms. The van der Waals surface area contributed by atoms with Crippen molar-refractivity contribution in [3.63, 3.8) is 0 Å². The molecule has 1 aliphatic heterocycles. The minimum absolute atomic E-state index is 0.182. The zero-order chi connectivity index (χ0) is 13.7. The van der Waals surface area contributed by atoms with E-state index < -0.39 is 0 Å². The first-order chi connectivity index (χ1) is 9.16. The van der Waals surface area contributed by atoms with Crippen molar-refractivity contribution in [2.24, 2.45) is 0 Å². The molecule has 4 nitrogen and oxygen atoms in total.